The predicted molar refractivity (Wildman–Crippen MR) is 132 cm³/mol. The molecule has 0 saturated carbocycles. The van der Waals surface area contributed by atoms with Gasteiger partial charge in [0.2, 0.25) is 0 Å². The number of hydrogen-bond donors (Lipinski definition) is 3. The van der Waals surface area contributed by atoms with Gasteiger partial charge in [-0.1, -0.05) is 53.7 Å². The summed E-state index contributed by atoms with van der Waals surface area (Å²) in [6, 6.07) is 11.8. The van der Waals surface area contributed by atoms with Crippen LogP contribution >= 0.6 is 39.7 Å². The van der Waals surface area contributed by atoms with Crippen molar-refractivity contribution in [1.29, 1.82) is 0 Å². The van der Waals surface area contributed by atoms with Crippen LogP contribution in [0.2, 0.25) is 5.02 Å². The normalized spacial score (nSPS) is 10.2. The van der Waals surface area contributed by atoms with Gasteiger partial charge in [-0.2, -0.15) is 0 Å². The van der Waals surface area contributed by atoms with E-state index >= 15 is 0 Å². The Balaban J connectivity index is 1.69. The van der Waals surface area contributed by atoms with Gasteiger partial charge in [-0.3, -0.25) is 25.8 Å². The number of carbonyl (C=O) groups is 2. The van der Waals surface area contributed by atoms with Gasteiger partial charge in [-0.15, -0.1) is 0 Å². The van der Waals surface area contributed by atoms with E-state index in [1.165, 1.54) is 12.8 Å². The molecule has 2 rings (SSSR count). The zero-order valence-corrected chi connectivity index (χ0v) is 20.7. The maximum Gasteiger partial charge on any atom is 0.276 e. The molecule has 10 heteroatoms. The highest BCUT2D eigenvalue weighted by Crippen LogP contribution is 2.27. The van der Waals surface area contributed by atoms with Gasteiger partial charge in [0.25, 0.3) is 11.8 Å². The van der Waals surface area contributed by atoms with Crippen molar-refractivity contribution in [1.82, 2.24) is 16.2 Å². The second-order valence-corrected chi connectivity index (χ2v) is 8.48. The topological polar surface area (TPSA) is 88.7 Å². The molecule has 0 radical (unpaired) electrons. The lowest BCUT2D eigenvalue weighted by Gasteiger charge is -2.12. The molecule has 32 heavy (non-hydrogen) atoms. The summed E-state index contributed by atoms with van der Waals surface area (Å²) in [5.41, 5.74) is 5.21. The maximum atomic E-state index is 12.3. The van der Waals surface area contributed by atoms with E-state index in [1.54, 1.807) is 42.5 Å². The molecular formula is C22H25BrClN3O4S. The van der Waals surface area contributed by atoms with Crippen molar-refractivity contribution in [3.05, 3.63) is 57.5 Å². The lowest BCUT2D eigenvalue weighted by molar-refractivity contribution is -0.123. The number of amides is 2. The molecule has 172 valence electrons. The molecule has 2 aromatic rings. The van der Waals surface area contributed by atoms with E-state index in [1.807, 2.05) is 0 Å². The van der Waals surface area contributed by atoms with Crippen molar-refractivity contribution >= 4 is 56.7 Å². The van der Waals surface area contributed by atoms with Gasteiger partial charge in [0.1, 0.15) is 11.5 Å². The molecule has 3 N–H and O–H groups in total. The van der Waals surface area contributed by atoms with Crippen molar-refractivity contribution in [3.8, 4) is 11.5 Å². The SMILES string of the molecule is CCCCCCOc1ccc(C(=O)NC(=S)NNC(=O)COc2ccc(Br)cc2Cl)cc1. The summed E-state index contributed by atoms with van der Waals surface area (Å²) >= 11 is 14.3. The first-order valence-electron chi connectivity index (χ1n) is 10.1. The van der Waals surface area contributed by atoms with Crippen LogP contribution < -0.4 is 25.6 Å². The fourth-order valence-electron chi connectivity index (χ4n) is 2.53. The Bertz CT molecular complexity index is 928. The van der Waals surface area contributed by atoms with Crippen molar-refractivity contribution < 1.29 is 19.1 Å². The first kappa shape index (κ1) is 25.9. The molecule has 0 aliphatic heterocycles. The molecule has 2 aromatic carbocycles. The average molecular weight is 543 g/mol. The predicted octanol–water partition coefficient (Wildman–Crippen LogP) is 4.78. The number of hydrogen-bond acceptors (Lipinski definition) is 5. The van der Waals surface area contributed by atoms with E-state index in [0.717, 1.165) is 17.3 Å². The minimum absolute atomic E-state index is 0.0544. The summed E-state index contributed by atoms with van der Waals surface area (Å²) in [5.74, 6) is 0.163. The summed E-state index contributed by atoms with van der Waals surface area (Å²) in [5, 5.41) is 2.80. The van der Waals surface area contributed by atoms with Crippen LogP contribution in [0.1, 0.15) is 43.0 Å². The molecule has 0 bridgehead atoms. The highest BCUT2D eigenvalue weighted by atomic mass is 79.9. The second kappa shape index (κ2) is 13.9. The Morgan fingerprint density at radius 1 is 1.03 bits per heavy atom. The summed E-state index contributed by atoms with van der Waals surface area (Å²) < 4.78 is 11.8. The molecule has 0 fully saturated rings. The van der Waals surface area contributed by atoms with Crippen LogP contribution in [0.5, 0.6) is 11.5 Å². The van der Waals surface area contributed by atoms with E-state index in [0.29, 0.717) is 28.7 Å². The second-order valence-electron chi connectivity index (χ2n) is 6.75. The van der Waals surface area contributed by atoms with Crippen LogP contribution in [0.15, 0.2) is 46.9 Å². The van der Waals surface area contributed by atoms with E-state index < -0.39 is 11.8 Å². The number of nitrogens with one attached hydrogen (secondary N) is 3. The first-order chi connectivity index (χ1) is 15.4. The third kappa shape index (κ3) is 9.42. The summed E-state index contributed by atoms with van der Waals surface area (Å²) in [6.07, 6.45) is 4.52. The van der Waals surface area contributed by atoms with Crippen molar-refractivity contribution in [3.63, 3.8) is 0 Å². The molecule has 0 aliphatic rings. The standard InChI is InChI=1S/C22H25BrClN3O4S/c1-2-3-4-5-12-30-17-9-6-15(7-10-17)21(29)25-22(32)27-26-20(28)14-31-19-11-8-16(23)13-18(19)24/h6-11,13H,2-5,12,14H2,1H3,(H,26,28)(H2,25,27,29,32). The van der Waals surface area contributed by atoms with Gasteiger partial charge in [0, 0.05) is 10.0 Å². The Morgan fingerprint density at radius 2 is 1.78 bits per heavy atom. The van der Waals surface area contributed by atoms with E-state index in [2.05, 4.69) is 39.0 Å². The molecule has 0 heterocycles. The van der Waals surface area contributed by atoms with Gasteiger partial charge in [0.05, 0.1) is 11.6 Å². The number of carbonyl (C=O) groups excluding carboxylic acids is 2. The summed E-state index contributed by atoms with van der Waals surface area (Å²) in [7, 11) is 0. The summed E-state index contributed by atoms with van der Waals surface area (Å²) in [4.78, 5) is 24.2. The zero-order valence-electron chi connectivity index (χ0n) is 17.6. The van der Waals surface area contributed by atoms with Crippen molar-refractivity contribution in [2.75, 3.05) is 13.2 Å². The van der Waals surface area contributed by atoms with Crippen LogP contribution in [0, 0.1) is 0 Å². The van der Waals surface area contributed by atoms with Gasteiger partial charge in [-0.05, 0) is 61.1 Å². The first-order valence-corrected chi connectivity index (χ1v) is 11.7. The zero-order chi connectivity index (χ0) is 23.3. The van der Waals surface area contributed by atoms with Crippen LogP contribution in [-0.4, -0.2) is 30.1 Å². The monoisotopic (exact) mass is 541 g/mol. The van der Waals surface area contributed by atoms with Crippen LogP contribution in [0.4, 0.5) is 0 Å². The van der Waals surface area contributed by atoms with Crippen molar-refractivity contribution in [2.45, 2.75) is 32.6 Å². The molecule has 0 spiro atoms. The number of hydrazine groups is 1. The Morgan fingerprint density at radius 3 is 2.47 bits per heavy atom. The van der Waals surface area contributed by atoms with Gasteiger partial charge in [-0.25, -0.2) is 0 Å². The number of benzene rings is 2. The highest BCUT2D eigenvalue weighted by Gasteiger charge is 2.10. The van der Waals surface area contributed by atoms with Crippen LogP contribution in [0.3, 0.4) is 0 Å². The Hall–Kier alpha value is -2.36. The molecule has 0 unspecified atom stereocenters. The highest BCUT2D eigenvalue weighted by molar-refractivity contribution is 9.10. The molecule has 7 nitrogen and oxygen atoms in total. The number of thiocarbonyl (C=S) groups is 1. The quantitative estimate of drug-likeness (QED) is 0.228. The molecule has 0 aliphatic carbocycles. The van der Waals surface area contributed by atoms with Gasteiger partial charge < -0.3 is 9.47 Å². The average Bonchev–Trinajstić information content (AvgIpc) is 2.77. The maximum absolute atomic E-state index is 12.3. The van der Waals surface area contributed by atoms with Gasteiger partial charge in [0.15, 0.2) is 11.7 Å². The Labute approximate surface area is 206 Å². The van der Waals surface area contributed by atoms with E-state index in [9.17, 15) is 9.59 Å². The third-order valence-corrected chi connectivity index (χ3v) is 5.17. The van der Waals surface area contributed by atoms with E-state index in [-0.39, 0.29) is 11.7 Å². The lowest BCUT2D eigenvalue weighted by Crippen LogP contribution is -2.49. The van der Waals surface area contributed by atoms with Crippen LogP contribution in [-0.2, 0) is 4.79 Å². The largest absolute Gasteiger partial charge is 0.494 e. The molecular weight excluding hydrogens is 518 g/mol. The van der Waals surface area contributed by atoms with Crippen LogP contribution in [0.25, 0.3) is 0 Å². The number of rotatable bonds is 10. The minimum atomic E-state index is -0.499. The smallest absolute Gasteiger partial charge is 0.276 e. The Kier molecular flexibility index (Phi) is 11.3. The third-order valence-electron chi connectivity index (χ3n) is 4.18. The number of halogens is 2. The molecule has 0 atom stereocenters. The number of unbranched alkanes of at least 4 members (excludes halogenated alkanes) is 3. The molecule has 0 saturated heterocycles. The fraction of sp³-hybridized carbons (Fsp3) is 0.318. The van der Waals surface area contributed by atoms with Gasteiger partial charge >= 0.3 is 0 Å². The van der Waals surface area contributed by atoms with E-state index in [4.69, 9.17) is 33.3 Å². The molecule has 2 amide bonds. The number of ether oxygens (including phenoxy) is 2. The van der Waals surface area contributed by atoms with Crippen molar-refractivity contribution in [2.24, 2.45) is 0 Å². The fourth-order valence-corrected chi connectivity index (χ4v) is 3.40. The summed E-state index contributed by atoms with van der Waals surface area (Å²) in [6.45, 7) is 2.53. The molecule has 0 aromatic heterocycles. The lowest BCUT2D eigenvalue weighted by atomic mass is 10.2. The minimum Gasteiger partial charge on any atom is -0.494 e.